The number of nitrogen functional groups attached to an aromatic ring is 1. The first-order valence-electron chi connectivity index (χ1n) is 12.5. The zero-order chi connectivity index (χ0) is 26.3. The summed E-state index contributed by atoms with van der Waals surface area (Å²) in [4.78, 5) is 11.2. The number of nitrogens with zero attached hydrogens (tertiary/aromatic N) is 3. The minimum absolute atomic E-state index is 0.206. The smallest absolute Gasteiger partial charge is 0.144 e. The number of halogens is 2. The second-order valence-electron chi connectivity index (χ2n) is 8.97. The molecule has 0 atom stereocenters. The van der Waals surface area contributed by atoms with E-state index in [-0.39, 0.29) is 12.4 Å². The van der Waals surface area contributed by atoms with Gasteiger partial charge in [-0.3, -0.25) is 4.90 Å². The molecule has 1 aromatic heterocycles. The highest BCUT2D eigenvalue weighted by molar-refractivity contribution is 6.32. The van der Waals surface area contributed by atoms with Gasteiger partial charge in [-0.1, -0.05) is 23.7 Å². The van der Waals surface area contributed by atoms with Gasteiger partial charge in [-0.25, -0.2) is 14.4 Å². The second-order valence-corrected chi connectivity index (χ2v) is 9.38. The molecule has 5 rings (SSSR count). The third-order valence-electron chi connectivity index (χ3n) is 6.22. The molecule has 0 saturated carbocycles. The number of nitrogens with one attached hydrogen (secondary N) is 1. The average Bonchev–Trinajstić information content (AvgIpc) is 2.92. The molecule has 4 aromatic rings. The van der Waals surface area contributed by atoms with E-state index in [4.69, 9.17) is 31.5 Å². The number of aromatic nitrogens is 2. The normalized spacial score (nSPS) is 13.9. The van der Waals surface area contributed by atoms with Crippen LogP contribution in [0.4, 0.5) is 21.6 Å². The summed E-state index contributed by atoms with van der Waals surface area (Å²) in [5, 5.41) is 4.45. The summed E-state index contributed by atoms with van der Waals surface area (Å²) in [5.74, 6) is 1.38. The van der Waals surface area contributed by atoms with Gasteiger partial charge >= 0.3 is 0 Å². The van der Waals surface area contributed by atoms with E-state index in [1.54, 1.807) is 24.3 Å². The Bertz CT molecular complexity index is 1400. The van der Waals surface area contributed by atoms with Gasteiger partial charge in [0.25, 0.3) is 0 Å². The Kier molecular flexibility index (Phi) is 8.37. The van der Waals surface area contributed by atoms with Crippen molar-refractivity contribution in [3.05, 3.63) is 77.3 Å². The molecule has 1 aliphatic rings. The summed E-state index contributed by atoms with van der Waals surface area (Å²) in [6.45, 7) is 5.23. The molecule has 0 bridgehead atoms. The van der Waals surface area contributed by atoms with Crippen molar-refractivity contribution in [2.45, 2.75) is 13.0 Å². The zero-order valence-electron chi connectivity index (χ0n) is 20.8. The molecule has 10 heteroatoms. The summed E-state index contributed by atoms with van der Waals surface area (Å²) in [6.07, 6.45) is 2.39. The Morgan fingerprint density at radius 3 is 2.71 bits per heavy atom. The Hall–Kier alpha value is -3.66. The molecule has 1 saturated heterocycles. The third kappa shape index (κ3) is 6.61. The van der Waals surface area contributed by atoms with Crippen LogP contribution in [0.5, 0.6) is 11.5 Å². The molecule has 3 N–H and O–H groups in total. The van der Waals surface area contributed by atoms with Gasteiger partial charge in [0.15, 0.2) is 0 Å². The molecule has 1 aliphatic heterocycles. The molecular weight excluding hydrogens is 509 g/mol. The van der Waals surface area contributed by atoms with Crippen LogP contribution in [0.1, 0.15) is 12.0 Å². The molecule has 1 fully saturated rings. The minimum Gasteiger partial charge on any atom is -0.491 e. The number of ether oxygens (including phenoxy) is 3. The molecule has 38 heavy (non-hydrogen) atoms. The minimum atomic E-state index is -0.308. The monoisotopic (exact) mass is 537 g/mol. The number of hydrogen-bond donors (Lipinski definition) is 2. The van der Waals surface area contributed by atoms with Crippen molar-refractivity contribution in [1.82, 2.24) is 14.9 Å². The van der Waals surface area contributed by atoms with Crippen molar-refractivity contribution in [2.24, 2.45) is 0 Å². The lowest BCUT2D eigenvalue weighted by atomic mass is 10.2. The van der Waals surface area contributed by atoms with E-state index in [2.05, 4.69) is 20.2 Å². The van der Waals surface area contributed by atoms with Gasteiger partial charge in [0.2, 0.25) is 0 Å². The van der Waals surface area contributed by atoms with Crippen LogP contribution < -0.4 is 20.5 Å². The predicted octanol–water partition coefficient (Wildman–Crippen LogP) is 5.43. The van der Waals surface area contributed by atoms with Crippen LogP contribution >= 0.6 is 11.6 Å². The quantitative estimate of drug-likeness (QED) is 0.204. The first-order chi connectivity index (χ1) is 18.5. The van der Waals surface area contributed by atoms with E-state index in [9.17, 15) is 4.39 Å². The molecule has 0 aliphatic carbocycles. The largest absolute Gasteiger partial charge is 0.491 e. The highest BCUT2D eigenvalue weighted by atomic mass is 35.5. The lowest BCUT2D eigenvalue weighted by Crippen LogP contribution is -2.37. The SMILES string of the molecule is Nc1cc2c(Nc3ccc(OCc4cccc(F)c4)c(Cl)c3)ncnc2cc1OCCCN1CCOCC1. The fraction of sp³-hybridized carbons (Fsp3) is 0.286. The fourth-order valence-electron chi connectivity index (χ4n) is 4.24. The lowest BCUT2D eigenvalue weighted by molar-refractivity contribution is 0.0358. The van der Waals surface area contributed by atoms with Crippen molar-refractivity contribution in [2.75, 3.05) is 50.5 Å². The maximum absolute atomic E-state index is 13.4. The molecule has 0 spiro atoms. The van der Waals surface area contributed by atoms with E-state index in [1.165, 1.54) is 18.5 Å². The molecule has 0 unspecified atom stereocenters. The van der Waals surface area contributed by atoms with Crippen molar-refractivity contribution in [3.63, 3.8) is 0 Å². The molecule has 3 aromatic carbocycles. The number of benzene rings is 3. The number of fused-ring (bicyclic) bond motifs is 1. The van der Waals surface area contributed by atoms with Crippen LogP contribution in [-0.2, 0) is 11.3 Å². The maximum Gasteiger partial charge on any atom is 0.144 e. The summed E-state index contributed by atoms with van der Waals surface area (Å²) < 4.78 is 30.5. The summed E-state index contributed by atoms with van der Waals surface area (Å²) in [7, 11) is 0. The highest BCUT2D eigenvalue weighted by Crippen LogP contribution is 2.33. The van der Waals surface area contributed by atoms with Crippen molar-refractivity contribution in [3.8, 4) is 11.5 Å². The van der Waals surface area contributed by atoms with Crippen molar-refractivity contribution >= 4 is 39.7 Å². The Morgan fingerprint density at radius 2 is 1.89 bits per heavy atom. The first kappa shape index (κ1) is 26.0. The van der Waals surface area contributed by atoms with Crippen LogP contribution in [0.3, 0.4) is 0 Å². The lowest BCUT2D eigenvalue weighted by Gasteiger charge is -2.26. The highest BCUT2D eigenvalue weighted by Gasteiger charge is 2.13. The Balaban J connectivity index is 1.22. The molecule has 0 amide bonds. The van der Waals surface area contributed by atoms with E-state index < -0.39 is 0 Å². The maximum atomic E-state index is 13.4. The zero-order valence-corrected chi connectivity index (χ0v) is 21.6. The van der Waals surface area contributed by atoms with E-state index in [1.807, 2.05) is 18.2 Å². The van der Waals surface area contributed by atoms with Gasteiger partial charge in [0.1, 0.15) is 36.1 Å². The molecule has 8 nitrogen and oxygen atoms in total. The van der Waals surface area contributed by atoms with Gasteiger partial charge < -0.3 is 25.3 Å². The predicted molar refractivity (Wildman–Crippen MR) is 147 cm³/mol. The summed E-state index contributed by atoms with van der Waals surface area (Å²) >= 11 is 6.45. The van der Waals surface area contributed by atoms with Crippen LogP contribution in [0, 0.1) is 5.82 Å². The molecule has 2 heterocycles. The van der Waals surface area contributed by atoms with Crippen LogP contribution in [0.15, 0.2) is 60.9 Å². The number of morpholine rings is 1. The number of hydrogen-bond acceptors (Lipinski definition) is 8. The van der Waals surface area contributed by atoms with Crippen molar-refractivity contribution < 1.29 is 18.6 Å². The number of rotatable bonds is 10. The van der Waals surface area contributed by atoms with E-state index in [0.717, 1.165) is 50.3 Å². The third-order valence-corrected chi connectivity index (χ3v) is 6.52. The Morgan fingerprint density at radius 1 is 1.03 bits per heavy atom. The van der Waals surface area contributed by atoms with Crippen LogP contribution in [0.25, 0.3) is 10.9 Å². The average molecular weight is 538 g/mol. The fourth-order valence-corrected chi connectivity index (χ4v) is 4.48. The molecular formula is C28H29ClFN5O3. The number of anilines is 3. The van der Waals surface area contributed by atoms with Gasteiger partial charge in [0, 0.05) is 36.8 Å². The van der Waals surface area contributed by atoms with Gasteiger partial charge in [-0.15, -0.1) is 0 Å². The topological polar surface area (TPSA) is 94.8 Å². The van der Waals surface area contributed by atoms with E-state index >= 15 is 0 Å². The molecule has 0 radical (unpaired) electrons. The van der Waals surface area contributed by atoms with Crippen LogP contribution in [0.2, 0.25) is 5.02 Å². The number of nitrogens with two attached hydrogens (primary N) is 1. The first-order valence-corrected chi connectivity index (χ1v) is 12.8. The Labute approximate surface area is 225 Å². The second kappa shape index (κ2) is 12.3. The van der Waals surface area contributed by atoms with Crippen molar-refractivity contribution in [1.29, 1.82) is 0 Å². The summed E-state index contributed by atoms with van der Waals surface area (Å²) in [6, 6.07) is 15.2. The van der Waals surface area contributed by atoms with Gasteiger partial charge in [-0.05, 0) is 48.4 Å². The van der Waals surface area contributed by atoms with Gasteiger partial charge in [0.05, 0.1) is 36.0 Å². The standard InChI is InChI=1S/C28H29ClFN5O3/c29-23-14-21(5-6-26(23)38-17-19-3-1-4-20(30)13-19)34-28-22-15-24(31)27(16-25(22)32-18-33-28)37-10-2-7-35-8-11-36-12-9-35/h1,3-6,13-16,18H,2,7-12,17,31H2,(H,32,33,34). The van der Waals surface area contributed by atoms with Crippen LogP contribution in [-0.4, -0.2) is 54.3 Å². The molecule has 198 valence electrons. The van der Waals surface area contributed by atoms with E-state index in [0.29, 0.717) is 45.7 Å². The van der Waals surface area contributed by atoms with Gasteiger partial charge in [-0.2, -0.15) is 0 Å². The summed E-state index contributed by atoms with van der Waals surface area (Å²) in [5.41, 5.74) is 8.97.